The van der Waals surface area contributed by atoms with Crippen molar-refractivity contribution in [3.05, 3.63) is 94.5 Å². The Labute approximate surface area is 194 Å². The predicted octanol–water partition coefficient (Wildman–Crippen LogP) is 5.27. The molecule has 1 aliphatic rings. The van der Waals surface area contributed by atoms with Crippen molar-refractivity contribution in [3.63, 3.8) is 0 Å². The molecule has 0 saturated heterocycles. The molecule has 0 spiro atoms. The van der Waals surface area contributed by atoms with Gasteiger partial charge in [0.2, 0.25) is 0 Å². The van der Waals surface area contributed by atoms with Crippen LogP contribution in [0.25, 0.3) is 6.08 Å². The molecule has 6 nitrogen and oxygen atoms in total. The largest absolute Gasteiger partial charge is 0.483 e. The number of hydrogen-bond donors (Lipinski definition) is 1. The highest BCUT2D eigenvalue weighted by molar-refractivity contribution is 9.10. The molecule has 1 aliphatic heterocycles. The number of anilines is 2. The maximum absolute atomic E-state index is 12.9. The fraction of sp³-hybridized carbons (Fsp3) is 0.0800. The number of hydrogen-bond acceptors (Lipinski definition) is 4. The summed E-state index contributed by atoms with van der Waals surface area (Å²) in [6, 6.07) is 23.9. The van der Waals surface area contributed by atoms with E-state index in [9.17, 15) is 9.59 Å². The SMILES string of the molecule is CC1=NN(c2ccccc2)C(=O)C1=Cc1ccc(OCC(=O)Nc2ccccc2)c(Br)c1. The third-order valence-corrected chi connectivity index (χ3v) is 5.37. The van der Waals surface area contributed by atoms with Crippen LogP contribution >= 0.6 is 15.9 Å². The van der Waals surface area contributed by atoms with E-state index in [0.717, 1.165) is 11.3 Å². The molecule has 2 amide bonds. The van der Waals surface area contributed by atoms with Crippen LogP contribution in [0.1, 0.15) is 12.5 Å². The Morgan fingerprint density at radius 2 is 1.75 bits per heavy atom. The minimum absolute atomic E-state index is 0.121. The zero-order chi connectivity index (χ0) is 22.5. The summed E-state index contributed by atoms with van der Waals surface area (Å²) in [6.45, 7) is 1.69. The van der Waals surface area contributed by atoms with Gasteiger partial charge in [0.15, 0.2) is 6.61 Å². The summed E-state index contributed by atoms with van der Waals surface area (Å²) in [4.78, 5) is 25.0. The van der Waals surface area contributed by atoms with Gasteiger partial charge in [-0.1, -0.05) is 42.5 Å². The van der Waals surface area contributed by atoms with Gasteiger partial charge in [0.1, 0.15) is 5.75 Å². The van der Waals surface area contributed by atoms with Crippen LogP contribution in [0, 0.1) is 0 Å². The van der Waals surface area contributed by atoms with E-state index in [0.29, 0.717) is 27.2 Å². The topological polar surface area (TPSA) is 71.0 Å². The van der Waals surface area contributed by atoms with Gasteiger partial charge in [-0.25, -0.2) is 0 Å². The summed E-state index contributed by atoms with van der Waals surface area (Å²) >= 11 is 3.48. The van der Waals surface area contributed by atoms with Crippen LogP contribution in [0.4, 0.5) is 11.4 Å². The first-order valence-corrected chi connectivity index (χ1v) is 10.7. The molecule has 0 fully saturated rings. The van der Waals surface area contributed by atoms with Gasteiger partial charge < -0.3 is 10.1 Å². The molecule has 0 unspecified atom stereocenters. The normalized spacial score (nSPS) is 14.4. The number of ether oxygens (including phenoxy) is 1. The minimum Gasteiger partial charge on any atom is -0.483 e. The van der Waals surface area contributed by atoms with E-state index >= 15 is 0 Å². The Balaban J connectivity index is 1.43. The lowest BCUT2D eigenvalue weighted by Gasteiger charge is -2.11. The second-order valence-corrected chi connectivity index (χ2v) is 7.94. The highest BCUT2D eigenvalue weighted by Gasteiger charge is 2.28. The Morgan fingerprint density at radius 3 is 2.44 bits per heavy atom. The van der Waals surface area contributed by atoms with Crippen molar-refractivity contribution < 1.29 is 14.3 Å². The number of para-hydroxylation sites is 2. The van der Waals surface area contributed by atoms with E-state index in [1.807, 2.05) is 79.7 Å². The van der Waals surface area contributed by atoms with Gasteiger partial charge in [-0.2, -0.15) is 10.1 Å². The van der Waals surface area contributed by atoms with E-state index in [4.69, 9.17) is 4.74 Å². The first-order valence-electron chi connectivity index (χ1n) is 9.95. The highest BCUT2D eigenvalue weighted by atomic mass is 79.9. The lowest BCUT2D eigenvalue weighted by Crippen LogP contribution is -2.21. The number of hydrazone groups is 1. The molecule has 160 valence electrons. The van der Waals surface area contributed by atoms with Crippen LogP contribution < -0.4 is 15.1 Å². The standard InChI is InChI=1S/C25H20BrN3O3/c1-17-21(25(31)29(28-17)20-10-6-3-7-11-20)14-18-12-13-23(22(26)15-18)32-16-24(30)27-19-8-4-2-5-9-19/h2-15H,16H2,1H3,(H,27,30). The minimum atomic E-state index is -0.251. The fourth-order valence-electron chi connectivity index (χ4n) is 3.18. The Kier molecular flexibility index (Phi) is 6.47. The van der Waals surface area contributed by atoms with Gasteiger partial charge in [-0.05, 0) is 70.9 Å². The summed E-state index contributed by atoms with van der Waals surface area (Å²) in [6.07, 6.45) is 1.79. The van der Waals surface area contributed by atoms with Crippen molar-refractivity contribution in [1.82, 2.24) is 0 Å². The van der Waals surface area contributed by atoms with Crippen LogP contribution in [0.3, 0.4) is 0 Å². The molecule has 0 aromatic heterocycles. The van der Waals surface area contributed by atoms with E-state index in [2.05, 4.69) is 26.3 Å². The summed E-state index contributed by atoms with van der Waals surface area (Å²) in [7, 11) is 0. The molecular formula is C25H20BrN3O3. The lowest BCUT2D eigenvalue weighted by molar-refractivity contribution is -0.118. The molecule has 1 N–H and O–H groups in total. The molecule has 0 radical (unpaired) electrons. The van der Waals surface area contributed by atoms with Crippen molar-refractivity contribution in [3.8, 4) is 5.75 Å². The molecule has 0 aliphatic carbocycles. The van der Waals surface area contributed by atoms with E-state index < -0.39 is 0 Å². The Hall–Kier alpha value is -3.71. The molecule has 4 rings (SSSR count). The van der Waals surface area contributed by atoms with E-state index in [-0.39, 0.29) is 18.4 Å². The molecule has 0 saturated carbocycles. The number of carbonyl (C=O) groups is 2. The molecule has 0 atom stereocenters. The molecule has 1 heterocycles. The molecule has 3 aromatic rings. The number of rotatable bonds is 6. The molecule has 7 heteroatoms. The fourth-order valence-corrected chi connectivity index (χ4v) is 3.69. The first-order chi connectivity index (χ1) is 15.5. The van der Waals surface area contributed by atoms with Crippen molar-refractivity contribution in [1.29, 1.82) is 0 Å². The zero-order valence-corrected chi connectivity index (χ0v) is 18.9. The Bertz CT molecular complexity index is 1210. The third kappa shape index (κ3) is 4.95. The molecular weight excluding hydrogens is 470 g/mol. The van der Waals surface area contributed by atoms with Crippen molar-refractivity contribution in [2.45, 2.75) is 6.92 Å². The number of nitrogens with one attached hydrogen (secondary N) is 1. The second-order valence-electron chi connectivity index (χ2n) is 7.09. The summed E-state index contributed by atoms with van der Waals surface area (Å²) in [5.41, 5.74) is 3.42. The Morgan fingerprint density at radius 1 is 1.06 bits per heavy atom. The van der Waals surface area contributed by atoms with Gasteiger partial charge >= 0.3 is 0 Å². The number of halogens is 1. The smallest absolute Gasteiger partial charge is 0.280 e. The zero-order valence-electron chi connectivity index (χ0n) is 17.3. The average molecular weight is 490 g/mol. The van der Waals surface area contributed by atoms with Gasteiger partial charge in [0, 0.05) is 5.69 Å². The molecule has 3 aromatic carbocycles. The lowest BCUT2D eigenvalue weighted by atomic mass is 10.1. The van der Waals surface area contributed by atoms with E-state index in [1.165, 1.54) is 5.01 Å². The van der Waals surface area contributed by atoms with Crippen LogP contribution in [0.2, 0.25) is 0 Å². The second kappa shape index (κ2) is 9.62. The maximum Gasteiger partial charge on any atom is 0.280 e. The van der Waals surface area contributed by atoms with Crippen LogP contribution in [0.5, 0.6) is 5.75 Å². The van der Waals surface area contributed by atoms with Crippen LogP contribution in [0.15, 0.2) is 94.0 Å². The van der Waals surface area contributed by atoms with Crippen molar-refractivity contribution in [2.75, 3.05) is 16.9 Å². The van der Waals surface area contributed by atoms with Crippen molar-refractivity contribution >= 4 is 50.9 Å². The van der Waals surface area contributed by atoms with Crippen LogP contribution in [-0.4, -0.2) is 24.1 Å². The summed E-state index contributed by atoms with van der Waals surface area (Å²) < 4.78 is 6.31. The maximum atomic E-state index is 12.9. The summed E-state index contributed by atoms with van der Waals surface area (Å²) in [5, 5.41) is 8.57. The average Bonchev–Trinajstić information content (AvgIpc) is 3.08. The van der Waals surface area contributed by atoms with Gasteiger partial charge in [-0.3, -0.25) is 9.59 Å². The predicted molar refractivity (Wildman–Crippen MR) is 130 cm³/mol. The molecule has 0 bridgehead atoms. The highest BCUT2D eigenvalue weighted by Crippen LogP contribution is 2.29. The monoisotopic (exact) mass is 489 g/mol. The first kappa shape index (κ1) is 21.5. The van der Waals surface area contributed by atoms with Crippen LogP contribution in [-0.2, 0) is 9.59 Å². The third-order valence-electron chi connectivity index (χ3n) is 4.75. The number of nitrogens with zero attached hydrogens (tertiary/aromatic N) is 2. The van der Waals surface area contributed by atoms with Crippen molar-refractivity contribution in [2.24, 2.45) is 5.10 Å². The molecule has 32 heavy (non-hydrogen) atoms. The number of carbonyl (C=O) groups excluding carboxylic acids is 2. The van der Waals surface area contributed by atoms with Gasteiger partial charge in [-0.15, -0.1) is 0 Å². The summed E-state index contributed by atoms with van der Waals surface area (Å²) in [5.74, 6) is 0.103. The number of benzene rings is 3. The van der Waals surface area contributed by atoms with Gasteiger partial charge in [0.05, 0.1) is 21.4 Å². The van der Waals surface area contributed by atoms with Gasteiger partial charge in [0.25, 0.3) is 11.8 Å². The van der Waals surface area contributed by atoms with E-state index in [1.54, 1.807) is 12.1 Å². The quantitative estimate of drug-likeness (QED) is 0.479. The number of amides is 2.